The summed E-state index contributed by atoms with van der Waals surface area (Å²) < 4.78 is 22.5. The molecule has 1 heterocycles. The lowest BCUT2D eigenvalue weighted by molar-refractivity contribution is 0.0981. The van der Waals surface area contributed by atoms with Crippen LogP contribution in [-0.2, 0) is 15.8 Å². The molecule has 0 saturated heterocycles. The summed E-state index contributed by atoms with van der Waals surface area (Å²) in [7, 11) is 0. The van der Waals surface area contributed by atoms with Crippen LogP contribution in [0.15, 0.2) is 72.4 Å². The van der Waals surface area contributed by atoms with Gasteiger partial charge in [-0.05, 0) is 61.3 Å². The van der Waals surface area contributed by atoms with Gasteiger partial charge in [-0.3, -0.25) is 0 Å². The molecule has 4 N–H and O–H groups in total. The summed E-state index contributed by atoms with van der Waals surface area (Å²) in [5.41, 5.74) is 10.8. The molecule has 0 radical (unpaired) electrons. The van der Waals surface area contributed by atoms with Gasteiger partial charge < -0.3 is 15.6 Å². The van der Waals surface area contributed by atoms with Gasteiger partial charge in [-0.25, -0.2) is 4.21 Å². The van der Waals surface area contributed by atoms with E-state index in [1.807, 2.05) is 37.3 Å². The second kappa shape index (κ2) is 8.97. The first-order chi connectivity index (χ1) is 15.3. The van der Waals surface area contributed by atoms with Crippen LogP contribution in [0.5, 0.6) is 0 Å². The lowest BCUT2D eigenvalue weighted by atomic mass is 9.59. The topological polar surface area (TPSA) is 75.4 Å². The summed E-state index contributed by atoms with van der Waals surface area (Å²) >= 11 is -2.08. The highest BCUT2D eigenvalue weighted by atomic mass is 32.2. The van der Waals surface area contributed by atoms with Crippen LogP contribution in [-0.4, -0.2) is 14.8 Å². The molecule has 0 amide bonds. The smallest absolute Gasteiger partial charge is 0.165 e. The van der Waals surface area contributed by atoms with Gasteiger partial charge in [0.05, 0.1) is 0 Å². The fourth-order valence-electron chi connectivity index (χ4n) is 5.81. The monoisotopic (exact) mass is 450 g/mol. The highest BCUT2D eigenvalue weighted by Crippen LogP contribution is 2.54. The van der Waals surface area contributed by atoms with Gasteiger partial charge in [-0.15, -0.1) is 0 Å². The van der Waals surface area contributed by atoms with Crippen molar-refractivity contribution in [2.45, 2.75) is 50.8 Å². The van der Waals surface area contributed by atoms with Crippen LogP contribution in [0.25, 0.3) is 6.08 Å². The number of hydrogen-bond donors (Lipinski definition) is 3. The molecule has 4 nitrogen and oxygen atoms in total. The summed E-state index contributed by atoms with van der Waals surface area (Å²) in [5.74, 6) is 0.331. The average molecular weight is 451 g/mol. The first-order valence-corrected chi connectivity index (χ1v) is 12.6. The third-order valence-corrected chi connectivity index (χ3v) is 9.44. The Morgan fingerprint density at radius 3 is 2.53 bits per heavy atom. The maximum absolute atomic E-state index is 12.9. The molecular formula is C27H34N2O2S. The van der Waals surface area contributed by atoms with Gasteiger partial charge in [0, 0.05) is 22.8 Å². The van der Waals surface area contributed by atoms with E-state index in [1.165, 1.54) is 11.3 Å². The zero-order chi connectivity index (χ0) is 22.9. The maximum atomic E-state index is 12.9. The van der Waals surface area contributed by atoms with Crippen molar-refractivity contribution in [2.75, 3.05) is 5.32 Å². The molecule has 6 unspecified atom stereocenters. The predicted octanol–water partition coefficient (Wildman–Crippen LogP) is 5.92. The highest BCUT2D eigenvalue weighted by Gasteiger charge is 2.53. The number of hydrogen-bond acceptors (Lipinski definition) is 3. The number of allylic oxidation sites excluding steroid dienone is 3. The highest BCUT2D eigenvalue weighted by molar-refractivity contribution is 7.80. The minimum Gasteiger partial charge on any atom is -0.358 e. The normalized spacial score (nSPS) is 29.0. The van der Waals surface area contributed by atoms with Crippen molar-refractivity contribution in [2.24, 2.45) is 23.0 Å². The summed E-state index contributed by atoms with van der Waals surface area (Å²) in [5, 5.41) is 3.70. The molecule has 4 rings (SSSR count). The summed E-state index contributed by atoms with van der Waals surface area (Å²) in [6.45, 7) is 6.46. The molecule has 1 fully saturated rings. The molecule has 6 atom stereocenters. The first kappa shape index (κ1) is 23.0. The van der Waals surface area contributed by atoms with Gasteiger partial charge in [0.15, 0.2) is 11.1 Å². The number of nitrogens with one attached hydrogen (secondary N) is 1. The first-order valence-electron chi connectivity index (χ1n) is 11.5. The van der Waals surface area contributed by atoms with E-state index in [0.29, 0.717) is 5.92 Å². The van der Waals surface area contributed by atoms with E-state index in [9.17, 15) is 8.76 Å². The van der Waals surface area contributed by atoms with Crippen LogP contribution in [0.4, 0.5) is 5.69 Å². The Bertz CT molecular complexity index is 1050. The lowest BCUT2D eigenvalue weighted by Crippen LogP contribution is -2.54. The molecule has 1 saturated carbocycles. The number of anilines is 1. The molecule has 2 aromatic rings. The van der Waals surface area contributed by atoms with Gasteiger partial charge in [0.1, 0.15) is 4.75 Å². The molecule has 170 valence electrons. The molecule has 0 aromatic heterocycles. The number of fused-ring (bicyclic) bond motifs is 1. The number of para-hydroxylation sites is 1. The quantitative estimate of drug-likeness (QED) is 0.495. The molecule has 5 heteroatoms. The van der Waals surface area contributed by atoms with E-state index in [2.05, 4.69) is 61.7 Å². The van der Waals surface area contributed by atoms with E-state index < -0.39 is 21.9 Å². The summed E-state index contributed by atoms with van der Waals surface area (Å²) in [6, 6.07) is 17.6. The molecule has 0 spiro atoms. The Hall–Kier alpha value is -2.21. The number of rotatable bonds is 5. The van der Waals surface area contributed by atoms with Gasteiger partial charge in [0.25, 0.3) is 0 Å². The van der Waals surface area contributed by atoms with Crippen molar-refractivity contribution in [3.63, 3.8) is 0 Å². The molecule has 0 bridgehead atoms. The van der Waals surface area contributed by atoms with E-state index >= 15 is 0 Å². The Labute approximate surface area is 194 Å². The summed E-state index contributed by atoms with van der Waals surface area (Å²) in [6.07, 6.45) is 9.05. The zero-order valence-corrected chi connectivity index (χ0v) is 19.9. The largest absolute Gasteiger partial charge is 0.358 e. The molecule has 1 aliphatic heterocycles. The van der Waals surface area contributed by atoms with E-state index in [0.717, 1.165) is 30.5 Å². The molecular weight excluding hydrogens is 416 g/mol. The van der Waals surface area contributed by atoms with Gasteiger partial charge in [-0.1, -0.05) is 74.5 Å². The Kier molecular flexibility index (Phi) is 6.44. The Morgan fingerprint density at radius 2 is 1.88 bits per heavy atom. The number of benzene rings is 2. The van der Waals surface area contributed by atoms with Crippen LogP contribution < -0.4 is 11.1 Å². The molecule has 32 heavy (non-hydrogen) atoms. The lowest BCUT2D eigenvalue weighted by Gasteiger charge is -2.50. The standard InChI is InChI=1S/C27H34N2O2S/c1-19-18-23(27(20(2)28,32(30)31)22-12-5-4-6-13-22)16-17-26(19,3)25-15-9-11-21-10-7-8-14-24(21)29-25/h4-15,19-20,23,29H,16-18,28H2,1-3H3,(H,30,31). The fraction of sp³-hybridized carbons (Fsp3) is 0.407. The third-order valence-electron chi connectivity index (χ3n) is 7.92. The van der Waals surface area contributed by atoms with Gasteiger partial charge >= 0.3 is 0 Å². The molecule has 2 aromatic carbocycles. The van der Waals surface area contributed by atoms with Crippen LogP contribution in [0.3, 0.4) is 0 Å². The Balaban J connectivity index is 1.66. The van der Waals surface area contributed by atoms with E-state index in [1.54, 1.807) is 0 Å². The SMILES string of the molecule is CC1CC(C(c2ccccc2)(C(C)N)S(=O)O)CCC1(C)C1=CC=Cc2ccccc2N1. The minimum absolute atomic E-state index is 0.0213. The minimum atomic E-state index is -2.08. The van der Waals surface area contributed by atoms with Gasteiger partial charge in [0.2, 0.25) is 0 Å². The van der Waals surface area contributed by atoms with E-state index in [4.69, 9.17) is 5.73 Å². The van der Waals surface area contributed by atoms with Crippen LogP contribution in [0, 0.1) is 17.3 Å². The predicted molar refractivity (Wildman–Crippen MR) is 134 cm³/mol. The summed E-state index contributed by atoms with van der Waals surface area (Å²) in [4.78, 5) is 0. The van der Waals surface area contributed by atoms with E-state index in [-0.39, 0.29) is 11.3 Å². The van der Waals surface area contributed by atoms with Crippen molar-refractivity contribution in [1.29, 1.82) is 0 Å². The number of nitrogens with two attached hydrogens (primary N) is 1. The van der Waals surface area contributed by atoms with Crippen molar-refractivity contribution in [1.82, 2.24) is 0 Å². The van der Waals surface area contributed by atoms with Crippen LogP contribution >= 0.6 is 0 Å². The van der Waals surface area contributed by atoms with Crippen LogP contribution in [0.1, 0.15) is 51.2 Å². The Morgan fingerprint density at radius 1 is 1.19 bits per heavy atom. The van der Waals surface area contributed by atoms with Crippen molar-refractivity contribution < 1.29 is 8.76 Å². The second-order valence-electron chi connectivity index (χ2n) is 9.64. The average Bonchev–Trinajstić information content (AvgIpc) is 3.00. The van der Waals surface area contributed by atoms with Crippen molar-refractivity contribution in [3.05, 3.63) is 83.6 Å². The fourth-order valence-corrected chi connectivity index (χ4v) is 6.97. The van der Waals surface area contributed by atoms with Crippen molar-refractivity contribution in [3.8, 4) is 0 Å². The van der Waals surface area contributed by atoms with Crippen molar-refractivity contribution >= 4 is 22.8 Å². The van der Waals surface area contributed by atoms with Crippen LogP contribution in [0.2, 0.25) is 0 Å². The molecule has 2 aliphatic rings. The maximum Gasteiger partial charge on any atom is 0.165 e. The zero-order valence-electron chi connectivity index (χ0n) is 19.1. The molecule has 1 aliphatic carbocycles. The second-order valence-corrected chi connectivity index (χ2v) is 10.8. The van der Waals surface area contributed by atoms with Gasteiger partial charge in [-0.2, -0.15) is 0 Å². The third kappa shape index (κ3) is 3.76.